The fourth-order valence-corrected chi connectivity index (χ4v) is 2.68. The van der Waals surface area contributed by atoms with Gasteiger partial charge in [-0.1, -0.05) is 6.42 Å². The number of esters is 1. The number of rotatable bonds is 2. The Morgan fingerprint density at radius 3 is 2.81 bits per heavy atom. The lowest BCUT2D eigenvalue weighted by atomic mass is 9.97. The second kappa shape index (κ2) is 8.00. The van der Waals surface area contributed by atoms with Gasteiger partial charge in [-0.2, -0.15) is 0 Å². The van der Waals surface area contributed by atoms with E-state index in [1.54, 1.807) is 11.8 Å². The van der Waals surface area contributed by atoms with Gasteiger partial charge < -0.3 is 14.4 Å². The molecule has 0 aromatic rings. The number of piperidine rings is 1. The van der Waals surface area contributed by atoms with Crippen LogP contribution in [0.3, 0.4) is 0 Å². The quantitative estimate of drug-likeness (QED) is 0.734. The number of aliphatic imine (C=N–C) groups is 1. The fourth-order valence-electron chi connectivity index (χ4n) is 2.68. The van der Waals surface area contributed by atoms with Crippen LogP contribution < -0.4 is 0 Å². The maximum absolute atomic E-state index is 11.7. The van der Waals surface area contributed by atoms with Crippen molar-refractivity contribution in [3.05, 3.63) is 0 Å². The molecule has 1 fully saturated rings. The number of amides is 1. The van der Waals surface area contributed by atoms with Crippen LogP contribution in [0.5, 0.6) is 0 Å². The van der Waals surface area contributed by atoms with Crippen LogP contribution in [-0.2, 0) is 14.3 Å². The van der Waals surface area contributed by atoms with Gasteiger partial charge in [0.05, 0.1) is 6.61 Å². The molecule has 0 bridgehead atoms. The first-order chi connectivity index (χ1) is 10.2. The van der Waals surface area contributed by atoms with Gasteiger partial charge in [-0.3, -0.25) is 9.79 Å². The van der Waals surface area contributed by atoms with Crippen molar-refractivity contribution in [1.29, 1.82) is 0 Å². The second-order valence-corrected chi connectivity index (χ2v) is 5.46. The lowest BCUT2D eigenvalue weighted by Crippen LogP contribution is -2.41. The van der Waals surface area contributed by atoms with Crippen LogP contribution in [0.4, 0.5) is 4.79 Å². The number of cyclic esters (lactones) is 1. The molecule has 1 saturated heterocycles. The van der Waals surface area contributed by atoms with Gasteiger partial charge in [0.1, 0.15) is 0 Å². The average Bonchev–Trinajstić information content (AvgIpc) is 2.60. The first-order valence-electron chi connectivity index (χ1n) is 7.87. The summed E-state index contributed by atoms with van der Waals surface area (Å²) in [6.45, 7) is 4.17. The van der Waals surface area contributed by atoms with E-state index in [9.17, 15) is 9.59 Å². The molecule has 0 saturated carbocycles. The molecule has 118 valence electrons. The van der Waals surface area contributed by atoms with Crippen molar-refractivity contribution in [2.75, 3.05) is 26.2 Å². The Bertz CT molecular complexity index is 400. The van der Waals surface area contributed by atoms with E-state index in [0.29, 0.717) is 32.0 Å². The summed E-state index contributed by atoms with van der Waals surface area (Å²) in [6, 6.07) is 0. The normalized spacial score (nSPS) is 21.7. The largest absolute Gasteiger partial charge is 0.450 e. The number of hydrogen-bond acceptors (Lipinski definition) is 5. The monoisotopic (exact) mass is 296 g/mol. The molecule has 0 radical (unpaired) electrons. The van der Waals surface area contributed by atoms with E-state index < -0.39 is 0 Å². The highest BCUT2D eigenvalue weighted by Gasteiger charge is 2.29. The van der Waals surface area contributed by atoms with Crippen LogP contribution in [0.2, 0.25) is 0 Å². The van der Waals surface area contributed by atoms with E-state index in [2.05, 4.69) is 4.99 Å². The highest BCUT2D eigenvalue weighted by molar-refractivity contribution is 5.90. The molecule has 2 aliphatic rings. The summed E-state index contributed by atoms with van der Waals surface area (Å²) < 4.78 is 10.4. The predicted octanol–water partition coefficient (Wildman–Crippen LogP) is 2.37. The van der Waals surface area contributed by atoms with Crippen LogP contribution in [-0.4, -0.2) is 49.1 Å². The van der Waals surface area contributed by atoms with Crippen molar-refractivity contribution >= 4 is 18.0 Å². The van der Waals surface area contributed by atoms with Gasteiger partial charge in [0.25, 0.3) is 0 Å². The third-order valence-corrected chi connectivity index (χ3v) is 3.90. The van der Waals surface area contributed by atoms with E-state index in [4.69, 9.17) is 9.47 Å². The molecule has 6 nitrogen and oxygen atoms in total. The molecule has 21 heavy (non-hydrogen) atoms. The number of nitrogens with zero attached hydrogens (tertiary/aromatic N) is 2. The Hall–Kier alpha value is -1.59. The second-order valence-electron chi connectivity index (χ2n) is 5.46. The van der Waals surface area contributed by atoms with Crippen molar-refractivity contribution in [3.63, 3.8) is 0 Å². The van der Waals surface area contributed by atoms with Crippen LogP contribution in [0.1, 0.15) is 45.4 Å². The number of likely N-dealkylation sites (tertiary alicyclic amines) is 1. The van der Waals surface area contributed by atoms with Gasteiger partial charge in [-0.25, -0.2) is 4.79 Å². The highest BCUT2D eigenvalue weighted by atomic mass is 16.6. The summed E-state index contributed by atoms with van der Waals surface area (Å²) in [5.74, 6) is 0.534. The summed E-state index contributed by atoms with van der Waals surface area (Å²) in [4.78, 5) is 29.5. The number of carbonyl (C=O) groups is 2. The zero-order valence-electron chi connectivity index (χ0n) is 12.7. The Labute approximate surface area is 125 Å². The average molecular weight is 296 g/mol. The van der Waals surface area contributed by atoms with Crippen molar-refractivity contribution in [1.82, 2.24) is 4.90 Å². The molecule has 1 amide bonds. The third-order valence-electron chi connectivity index (χ3n) is 3.90. The lowest BCUT2D eigenvalue weighted by molar-refractivity contribution is -0.136. The summed E-state index contributed by atoms with van der Waals surface area (Å²) in [7, 11) is 0. The summed E-state index contributed by atoms with van der Waals surface area (Å²) >= 11 is 0. The molecule has 0 aromatic carbocycles. The molecule has 2 heterocycles. The van der Waals surface area contributed by atoms with Crippen molar-refractivity contribution in [2.45, 2.75) is 45.4 Å². The van der Waals surface area contributed by atoms with Gasteiger partial charge in [0.2, 0.25) is 0 Å². The Morgan fingerprint density at radius 1 is 1.33 bits per heavy atom. The van der Waals surface area contributed by atoms with E-state index >= 15 is 0 Å². The summed E-state index contributed by atoms with van der Waals surface area (Å²) in [5.41, 5.74) is 0. The third kappa shape index (κ3) is 4.72. The van der Waals surface area contributed by atoms with E-state index in [1.807, 2.05) is 0 Å². The molecule has 0 aliphatic carbocycles. The van der Waals surface area contributed by atoms with Gasteiger partial charge in [-0.15, -0.1) is 0 Å². The van der Waals surface area contributed by atoms with Crippen LogP contribution in [0, 0.1) is 5.92 Å². The van der Waals surface area contributed by atoms with Crippen LogP contribution >= 0.6 is 0 Å². The maximum atomic E-state index is 11.7. The Balaban J connectivity index is 1.90. The molecule has 0 spiro atoms. The molecule has 2 aliphatic heterocycles. The minimum atomic E-state index is -0.260. The SMILES string of the molecule is CCOC(=O)N1CCC(C2=NCCCCCC(=O)O2)CC1. The zero-order chi connectivity index (χ0) is 15.1. The Morgan fingerprint density at radius 2 is 2.10 bits per heavy atom. The lowest BCUT2D eigenvalue weighted by Gasteiger charge is -2.31. The van der Waals surface area contributed by atoms with Crippen molar-refractivity contribution in [3.8, 4) is 0 Å². The van der Waals surface area contributed by atoms with Crippen LogP contribution in [0.15, 0.2) is 4.99 Å². The van der Waals surface area contributed by atoms with Crippen molar-refractivity contribution < 1.29 is 19.1 Å². The summed E-state index contributed by atoms with van der Waals surface area (Å²) in [5, 5.41) is 0. The van der Waals surface area contributed by atoms with E-state index in [0.717, 1.165) is 38.6 Å². The molecular formula is C15H24N2O4. The van der Waals surface area contributed by atoms with Gasteiger partial charge >= 0.3 is 12.1 Å². The highest BCUT2D eigenvalue weighted by Crippen LogP contribution is 2.21. The van der Waals surface area contributed by atoms with E-state index in [-0.39, 0.29) is 18.0 Å². The molecule has 0 N–H and O–H groups in total. The molecule has 0 unspecified atom stereocenters. The standard InChI is InChI=1S/C15H24N2O4/c1-2-20-15(19)17-10-7-12(8-11-17)14-16-9-5-3-4-6-13(18)21-14/h12H,2-11H2,1H3. The van der Waals surface area contributed by atoms with Gasteiger partial charge in [-0.05, 0) is 32.6 Å². The smallest absolute Gasteiger partial charge is 0.409 e. The molecular weight excluding hydrogens is 272 g/mol. The molecule has 0 aromatic heterocycles. The maximum Gasteiger partial charge on any atom is 0.409 e. The molecule has 2 rings (SSSR count). The minimum Gasteiger partial charge on any atom is -0.450 e. The Kier molecular flexibility index (Phi) is 6.02. The first kappa shape index (κ1) is 15.8. The number of ether oxygens (including phenoxy) is 2. The number of carbonyl (C=O) groups excluding carboxylic acids is 2. The fraction of sp³-hybridized carbons (Fsp3) is 0.800. The predicted molar refractivity (Wildman–Crippen MR) is 78.2 cm³/mol. The summed E-state index contributed by atoms with van der Waals surface area (Å²) in [6.07, 6.45) is 4.65. The van der Waals surface area contributed by atoms with Gasteiger partial charge in [0, 0.05) is 32.0 Å². The van der Waals surface area contributed by atoms with Crippen LogP contribution in [0.25, 0.3) is 0 Å². The first-order valence-corrected chi connectivity index (χ1v) is 7.87. The molecule has 6 heteroatoms. The van der Waals surface area contributed by atoms with Gasteiger partial charge in [0.15, 0.2) is 5.90 Å². The van der Waals surface area contributed by atoms with Crippen molar-refractivity contribution in [2.24, 2.45) is 10.9 Å². The van der Waals surface area contributed by atoms with E-state index in [1.165, 1.54) is 0 Å². The zero-order valence-corrected chi connectivity index (χ0v) is 12.7. The molecule has 0 atom stereocenters. The minimum absolute atomic E-state index is 0.137. The topological polar surface area (TPSA) is 68.2 Å². The number of hydrogen-bond donors (Lipinski definition) is 0.